The maximum Gasteiger partial charge on any atom is 0.248 e. The number of furan rings is 1. The summed E-state index contributed by atoms with van der Waals surface area (Å²) in [6.07, 6.45) is 8.09. The first-order chi connectivity index (χ1) is 11.1. The Labute approximate surface area is 140 Å². The molecule has 0 aliphatic heterocycles. The standard InChI is InChI=1S/C18H20ClNO3/c19-17-11-10-15(23-17)8-4-2-1-3-5-12-22-16-9-6-7-14(13-16)18(20)21/h4,6-11,13H,1-3,5,12H2,(H2,20,21). The smallest absolute Gasteiger partial charge is 0.248 e. The zero-order valence-electron chi connectivity index (χ0n) is 12.8. The molecule has 2 N–H and O–H groups in total. The number of carbonyl (C=O) groups excluding carboxylic acids is 1. The number of amides is 1. The average molecular weight is 334 g/mol. The molecule has 1 aromatic heterocycles. The molecule has 1 heterocycles. The Bertz CT molecular complexity index is 664. The summed E-state index contributed by atoms with van der Waals surface area (Å²) in [5.41, 5.74) is 5.70. The normalized spacial score (nSPS) is 11.0. The monoisotopic (exact) mass is 333 g/mol. The van der Waals surface area contributed by atoms with E-state index in [1.807, 2.05) is 18.2 Å². The molecule has 0 atom stereocenters. The lowest BCUT2D eigenvalue weighted by Gasteiger charge is -2.06. The van der Waals surface area contributed by atoms with Gasteiger partial charge >= 0.3 is 0 Å². The molecule has 0 radical (unpaired) electrons. The molecule has 0 saturated carbocycles. The molecule has 1 amide bonds. The molecule has 1 aromatic carbocycles. The summed E-state index contributed by atoms with van der Waals surface area (Å²) in [6, 6.07) is 10.5. The van der Waals surface area contributed by atoms with Crippen LogP contribution in [-0.2, 0) is 0 Å². The molecule has 5 heteroatoms. The predicted molar refractivity (Wildman–Crippen MR) is 91.7 cm³/mol. The minimum absolute atomic E-state index is 0.405. The Morgan fingerprint density at radius 1 is 1.22 bits per heavy atom. The number of nitrogens with two attached hydrogens (primary N) is 1. The van der Waals surface area contributed by atoms with Crippen LogP contribution < -0.4 is 10.5 Å². The van der Waals surface area contributed by atoms with Crippen LogP contribution in [0, 0.1) is 0 Å². The molecule has 2 aromatic rings. The van der Waals surface area contributed by atoms with Gasteiger partial charge in [-0.25, -0.2) is 0 Å². The molecule has 2 rings (SSSR count). The van der Waals surface area contributed by atoms with Crippen molar-refractivity contribution in [3.8, 4) is 5.75 Å². The average Bonchev–Trinajstić information content (AvgIpc) is 2.95. The molecule has 0 spiro atoms. The first-order valence-electron chi connectivity index (χ1n) is 7.60. The van der Waals surface area contributed by atoms with Crippen molar-refractivity contribution in [3.05, 3.63) is 59.0 Å². The number of allylic oxidation sites excluding steroid dienone is 1. The van der Waals surface area contributed by atoms with Gasteiger partial charge in [0.2, 0.25) is 5.91 Å². The van der Waals surface area contributed by atoms with Gasteiger partial charge in [0.05, 0.1) is 6.61 Å². The lowest BCUT2D eigenvalue weighted by atomic mass is 10.2. The molecule has 0 fully saturated rings. The highest BCUT2D eigenvalue weighted by molar-refractivity contribution is 6.28. The Kier molecular flexibility index (Phi) is 6.76. The van der Waals surface area contributed by atoms with E-state index < -0.39 is 5.91 Å². The maximum atomic E-state index is 11.1. The van der Waals surface area contributed by atoms with Crippen LogP contribution in [0.3, 0.4) is 0 Å². The van der Waals surface area contributed by atoms with Crippen molar-refractivity contribution in [1.82, 2.24) is 0 Å². The van der Waals surface area contributed by atoms with Gasteiger partial charge in [0, 0.05) is 5.56 Å². The summed E-state index contributed by atoms with van der Waals surface area (Å²) in [6.45, 7) is 0.625. The van der Waals surface area contributed by atoms with Crippen molar-refractivity contribution < 1.29 is 13.9 Å². The number of unbranched alkanes of at least 4 members (excludes halogenated alkanes) is 3. The Balaban J connectivity index is 1.58. The number of primary amides is 1. The molecule has 23 heavy (non-hydrogen) atoms. The van der Waals surface area contributed by atoms with Crippen molar-refractivity contribution in [2.75, 3.05) is 6.61 Å². The van der Waals surface area contributed by atoms with E-state index in [1.165, 1.54) is 0 Å². The molecular formula is C18H20ClNO3. The number of rotatable bonds is 9. The van der Waals surface area contributed by atoms with E-state index in [-0.39, 0.29) is 0 Å². The van der Waals surface area contributed by atoms with E-state index in [4.69, 9.17) is 26.5 Å². The second-order valence-electron chi connectivity index (χ2n) is 5.13. The van der Waals surface area contributed by atoms with E-state index in [2.05, 4.69) is 6.08 Å². The number of benzene rings is 1. The van der Waals surface area contributed by atoms with E-state index >= 15 is 0 Å². The SMILES string of the molecule is NC(=O)c1cccc(OCCCCCC=Cc2ccc(Cl)o2)c1. The predicted octanol–water partition coefficient (Wildman–Crippen LogP) is 4.68. The van der Waals surface area contributed by atoms with Crippen LogP contribution in [0.4, 0.5) is 0 Å². The molecule has 0 unspecified atom stereocenters. The number of hydrogen-bond acceptors (Lipinski definition) is 3. The highest BCUT2D eigenvalue weighted by Crippen LogP contribution is 2.15. The number of ether oxygens (including phenoxy) is 1. The fourth-order valence-corrected chi connectivity index (χ4v) is 2.24. The Hall–Kier alpha value is -2.20. The van der Waals surface area contributed by atoms with Crippen molar-refractivity contribution in [2.24, 2.45) is 5.73 Å². The van der Waals surface area contributed by atoms with Gasteiger partial charge in [0.15, 0.2) is 5.22 Å². The lowest BCUT2D eigenvalue weighted by Crippen LogP contribution is -2.10. The van der Waals surface area contributed by atoms with E-state index in [1.54, 1.807) is 24.3 Å². The van der Waals surface area contributed by atoms with Gasteiger partial charge < -0.3 is 14.9 Å². The Morgan fingerprint density at radius 2 is 2.09 bits per heavy atom. The third-order valence-electron chi connectivity index (χ3n) is 3.28. The minimum Gasteiger partial charge on any atom is -0.494 e. The van der Waals surface area contributed by atoms with E-state index in [0.29, 0.717) is 23.1 Å². The van der Waals surface area contributed by atoms with Crippen LogP contribution in [0.15, 0.2) is 46.9 Å². The zero-order valence-corrected chi connectivity index (χ0v) is 13.6. The second-order valence-corrected chi connectivity index (χ2v) is 5.51. The molecule has 0 aliphatic rings. The fourth-order valence-electron chi connectivity index (χ4n) is 2.09. The number of carbonyl (C=O) groups is 1. The van der Waals surface area contributed by atoms with Crippen LogP contribution >= 0.6 is 11.6 Å². The van der Waals surface area contributed by atoms with Crippen molar-refractivity contribution in [2.45, 2.75) is 25.7 Å². The third kappa shape index (κ3) is 6.20. The molecular weight excluding hydrogens is 314 g/mol. The summed E-state index contributed by atoms with van der Waals surface area (Å²) in [5, 5.41) is 0.405. The van der Waals surface area contributed by atoms with Crippen LogP contribution in [0.2, 0.25) is 5.22 Å². The highest BCUT2D eigenvalue weighted by Gasteiger charge is 2.01. The summed E-state index contributed by atoms with van der Waals surface area (Å²) in [4.78, 5) is 11.1. The van der Waals surface area contributed by atoms with Crippen molar-refractivity contribution in [1.29, 1.82) is 0 Å². The largest absolute Gasteiger partial charge is 0.494 e. The zero-order chi connectivity index (χ0) is 16.5. The van der Waals surface area contributed by atoms with Gasteiger partial charge in [-0.05, 0) is 73.7 Å². The quantitative estimate of drug-likeness (QED) is 0.677. The van der Waals surface area contributed by atoms with Crippen LogP contribution in [0.25, 0.3) is 6.08 Å². The van der Waals surface area contributed by atoms with Crippen LogP contribution in [-0.4, -0.2) is 12.5 Å². The van der Waals surface area contributed by atoms with Gasteiger partial charge in [-0.1, -0.05) is 12.1 Å². The first-order valence-corrected chi connectivity index (χ1v) is 7.97. The van der Waals surface area contributed by atoms with Gasteiger partial charge in [-0.15, -0.1) is 0 Å². The summed E-state index contributed by atoms with van der Waals surface area (Å²) in [7, 11) is 0. The maximum absolute atomic E-state index is 11.1. The molecule has 122 valence electrons. The molecule has 0 aliphatic carbocycles. The summed E-state index contributed by atoms with van der Waals surface area (Å²) < 4.78 is 10.8. The van der Waals surface area contributed by atoms with Crippen molar-refractivity contribution >= 4 is 23.6 Å². The van der Waals surface area contributed by atoms with E-state index in [0.717, 1.165) is 31.4 Å². The number of halogens is 1. The van der Waals surface area contributed by atoms with Gasteiger partial charge in [-0.2, -0.15) is 0 Å². The third-order valence-corrected chi connectivity index (χ3v) is 3.48. The van der Waals surface area contributed by atoms with Gasteiger partial charge in [0.1, 0.15) is 11.5 Å². The highest BCUT2D eigenvalue weighted by atomic mass is 35.5. The molecule has 0 saturated heterocycles. The first kappa shape index (κ1) is 17.2. The van der Waals surface area contributed by atoms with Crippen LogP contribution in [0.1, 0.15) is 41.8 Å². The summed E-state index contributed by atoms with van der Waals surface area (Å²) in [5.74, 6) is 1.00. The summed E-state index contributed by atoms with van der Waals surface area (Å²) >= 11 is 5.70. The van der Waals surface area contributed by atoms with E-state index in [9.17, 15) is 4.79 Å². The molecule has 4 nitrogen and oxygen atoms in total. The Morgan fingerprint density at radius 3 is 2.83 bits per heavy atom. The fraction of sp³-hybridized carbons (Fsp3) is 0.278. The lowest BCUT2D eigenvalue weighted by molar-refractivity contribution is 0.1000. The van der Waals surface area contributed by atoms with Gasteiger partial charge in [-0.3, -0.25) is 4.79 Å². The second kappa shape index (κ2) is 9.06. The topological polar surface area (TPSA) is 65.5 Å². The van der Waals surface area contributed by atoms with Gasteiger partial charge in [0.25, 0.3) is 0 Å². The van der Waals surface area contributed by atoms with Crippen molar-refractivity contribution in [3.63, 3.8) is 0 Å². The van der Waals surface area contributed by atoms with Crippen LogP contribution in [0.5, 0.6) is 5.75 Å². The molecule has 0 bridgehead atoms. The minimum atomic E-state index is -0.444. The number of hydrogen-bond donors (Lipinski definition) is 1.